The molecule has 0 saturated heterocycles. The van der Waals surface area contributed by atoms with Crippen molar-refractivity contribution in [3.8, 4) is 55.2 Å². The van der Waals surface area contributed by atoms with Gasteiger partial charge in [0.1, 0.15) is 5.69 Å². The molecule has 8 rings (SSSR count). The van der Waals surface area contributed by atoms with Gasteiger partial charge in [-0.15, -0.1) is 11.3 Å². The number of nitrogens with zero attached hydrogens (tertiary/aromatic N) is 2. The average molecular weight is 555 g/mol. The number of rotatable bonds is 5. The molecule has 3 aromatic heterocycles. The summed E-state index contributed by atoms with van der Waals surface area (Å²) in [4.78, 5) is 1.20. The normalized spacial score (nSPS) is 11.3. The van der Waals surface area contributed by atoms with Gasteiger partial charge < -0.3 is 0 Å². The summed E-state index contributed by atoms with van der Waals surface area (Å²) in [6, 6.07) is 54.1. The molecule has 0 aliphatic heterocycles. The van der Waals surface area contributed by atoms with E-state index in [1.165, 1.54) is 37.9 Å². The van der Waals surface area contributed by atoms with Gasteiger partial charge in [-0.25, -0.2) is 4.52 Å². The molecule has 0 fully saturated rings. The summed E-state index contributed by atoms with van der Waals surface area (Å²) in [5, 5.41) is 9.96. The Hall–Kier alpha value is -5.25. The minimum absolute atomic E-state index is 0.979. The molecule has 0 radical (unpaired) electrons. The Morgan fingerprint density at radius 3 is 1.76 bits per heavy atom. The second-order valence-electron chi connectivity index (χ2n) is 10.5. The molecule has 3 heterocycles. The van der Waals surface area contributed by atoms with E-state index in [2.05, 4.69) is 162 Å². The highest BCUT2D eigenvalue weighted by molar-refractivity contribution is 7.13. The molecular formula is C39H26N2S. The number of fused-ring (bicyclic) bond motifs is 3. The van der Waals surface area contributed by atoms with Crippen LogP contribution in [0.2, 0.25) is 0 Å². The number of pyridine rings is 1. The highest BCUT2D eigenvalue weighted by Gasteiger charge is 2.22. The first-order chi connectivity index (χ1) is 20.8. The van der Waals surface area contributed by atoms with Crippen LogP contribution in [0.3, 0.4) is 0 Å². The fourth-order valence-electron chi connectivity index (χ4n) is 5.92. The van der Waals surface area contributed by atoms with Gasteiger partial charge >= 0.3 is 0 Å². The Morgan fingerprint density at radius 1 is 0.476 bits per heavy atom. The minimum Gasteiger partial charge on any atom is -0.230 e. The Balaban J connectivity index is 1.47. The molecule has 0 saturated carbocycles. The van der Waals surface area contributed by atoms with Crippen molar-refractivity contribution in [3.05, 3.63) is 157 Å². The summed E-state index contributed by atoms with van der Waals surface area (Å²) < 4.78 is 2.17. The van der Waals surface area contributed by atoms with Crippen molar-refractivity contribution in [1.82, 2.24) is 9.61 Å². The molecule has 198 valence electrons. The lowest BCUT2D eigenvalue weighted by molar-refractivity contribution is 0.982. The van der Waals surface area contributed by atoms with Crippen molar-refractivity contribution in [3.63, 3.8) is 0 Å². The summed E-state index contributed by atoms with van der Waals surface area (Å²) in [6.07, 6.45) is 0. The van der Waals surface area contributed by atoms with Crippen LogP contribution in [-0.4, -0.2) is 9.61 Å². The monoisotopic (exact) mass is 554 g/mol. The second-order valence-corrected chi connectivity index (χ2v) is 11.4. The lowest BCUT2D eigenvalue weighted by Crippen LogP contribution is -1.94. The van der Waals surface area contributed by atoms with E-state index in [-0.39, 0.29) is 0 Å². The van der Waals surface area contributed by atoms with Gasteiger partial charge in [-0.2, -0.15) is 5.10 Å². The molecule has 3 heteroatoms. The molecule has 0 bridgehead atoms. The van der Waals surface area contributed by atoms with Crippen molar-refractivity contribution in [2.45, 2.75) is 0 Å². The summed E-state index contributed by atoms with van der Waals surface area (Å²) in [6.45, 7) is 0. The van der Waals surface area contributed by atoms with Crippen molar-refractivity contribution < 1.29 is 0 Å². The Kier molecular flexibility index (Phi) is 6.02. The Bertz CT molecular complexity index is 2180. The fraction of sp³-hybridized carbons (Fsp3) is 0. The Morgan fingerprint density at radius 2 is 1.07 bits per heavy atom. The standard InChI is InChI=1S/C39H26N2S/c1-3-12-27(13-4-1)29-17-9-19-32(24-29)37-38(33-20-10-18-30(25-33)28-14-5-2-6-15-28)40-41-35(36-22-11-23-42-36)26-31-16-7-8-21-34(31)39(37)41/h1-26H. The van der Waals surface area contributed by atoms with Gasteiger partial charge in [0.25, 0.3) is 0 Å². The number of hydrogen-bond acceptors (Lipinski definition) is 2. The molecule has 0 atom stereocenters. The molecule has 5 aromatic carbocycles. The van der Waals surface area contributed by atoms with Crippen LogP contribution in [0, 0.1) is 0 Å². The second kappa shape index (κ2) is 10.3. The van der Waals surface area contributed by atoms with E-state index in [9.17, 15) is 0 Å². The highest BCUT2D eigenvalue weighted by atomic mass is 32.1. The predicted molar refractivity (Wildman–Crippen MR) is 178 cm³/mol. The lowest BCUT2D eigenvalue weighted by Gasteiger charge is -2.11. The van der Waals surface area contributed by atoms with E-state index >= 15 is 0 Å². The van der Waals surface area contributed by atoms with Crippen molar-refractivity contribution in [1.29, 1.82) is 0 Å². The number of benzene rings is 5. The molecule has 0 aliphatic carbocycles. The van der Waals surface area contributed by atoms with Gasteiger partial charge in [0.05, 0.1) is 16.1 Å². The lowest BCUT2D eigenvalue weighted by atomic mass is 9.93. The van der Waals surface area contributed by atoms with E-state index in [1.54, 1.807) is 11.3 Å². The van der Waals surface area contributed by atoms with Crippen LogP contribution in [0.15, 0.2) is 157 Å². The summed E-state index contributed by atoms with van der Waals surface area (Å²) in [5.41, 5.74) is 11.4. The van der Waals surface area contributed by atoms with E-state index in [0.717, 1.165) is 33.6 Å². The van der Waals surface area contributed by atoms with Gasteiger partial charge in [0, 0.05) is 16.5 Å². The molecule has 2 nitrogen and oxygen atoms in total. The first kappa shape index (κ1) is 24.5. The molecule has 42 heavy (non-hydrogen) atoms. The summed E-state index contributed by atoms with van der Waals surface area (Å²) in [5.74, 6) is 0. The molecule has 8 aromatic rings. The number of aromatic nitrogens is 2. The third kappa shape index (κ3) is 4.23. The van der Waals surface area contributed by atoms with Crippen LogP contribution in [0.1, 0.15) is 0 Å². The molecule has 0 spiro atoms. The van der Waals surface area contributed by atoms with E-state index < -0.39 is 0 Å². The SMILES string of the molecule is c1ccc(-c2cccc(-c3nn4c(-c5cccs5)cc5ccccc5c4c3-c3cccc(-c4ccccc4)c3)c2)cc1. The van der Waals surface area contributed by atoms with Crippen molar-refractivity contribution in [2.24, 2.45) is 0 Å². The third-order valence-corrected chi connectivity index (χ3v) is 8.79. The van der Waals surface area contributed by atoms with Crippen molar-refractivity contribution >= 4 is 27.6 Å². The molecule has 0 amide bonds. The zero-order chi connectivity index (χ0) is 27.9. The van der Waals surface area contributed by atoms with E-state index in [0.29, 0.717) is 0 Å². The summed E-state index contributed by atoms with van der Waals surface area (Å²) >= 11 is 1.74. The smallest absolute Gasteiger partial charge is 0.101 e. The third-order valence-electron chi connectivity index (χ3n) is 7.90. The van der Waals surface area contributed by atoms with Crippen molar-refractivity contribution in [2.75, 3.05) is 0 Å². The summed E-state index contributed by atoms with van der Waals surface area (Å²) in [7, 11) is 0. The van der Waals surface area contributed by atoms with Crippen LogP contribution >= 0.6 is 11.3 Å². The van der Waals surface area contributed by atoms with Gasteiger partial charge in [0.2, 0.25) is 0 Å². The van der Waals surface area contributed by atoms with Gasteiger partial charge in [-0.3, -0.25) is 0 Å². The fourth-order valence-corrected chi connectivity index (χ4v) is 6.65. The van der Waals surface area contributed by atoms with Crippen LogP contribution in [0.4, 0.5) is 0 Å². The highest BCUT2D eigenvalue weighted by Crippen LogP contribution is 2.42. The van der Waals surface area contributed by atoms with Crippen LogP contribution in [0.25, 0.3) is 71.5 Å². The first-order valence-corrected chi connectivity index (χ1v) is 15.0. The number of thiophene rings is 1. The van der Waals surface area contributed by atoms with E-state index in [1.807, 2.05) is 0 Å². The molecule has 0 aliphatic rings. The maximum Gasteiger partial charge on any atom is 0.101 e. The van der Waals surface area contributed by atoms with E-state index in [4.69, 9.17) is 5.10 Å². The van der Waals surface area contributed by atoms with Gasteiger partial charge in [-0.1, -0.05) is 127 Å². The Labute approximate surface area is 248 Å². The zero-order valence-corrected chi connectivity index (χ0v) is 23.6. The molecule has 0 N–H and O–H groups in total. The quantitative estimate of drug-likeness (QED) is 0.207. The topological polar surface area (TPSA) is 17.3 Å². The maximum atomic E-state index is 5.43. The maximum absolute atomic E-state index is 5.43. The first-order valence-electron chi connectivity index (χ1n) is 14.1. The number of hydrogen-bond donors (Lipinski definition) is 0. The molecular weight excluding hydrogens is 529 g/mol. The average Bonchev–Trinajstić information content (AvgIpc) is 3.75. The largest absolute Gasteiger partial charge is 0.230 e. The van der Waals surface area contributed by atoms with Crippen LogP contribution in [-0.2, 0) is 0 Å². The zero-order valence-electron chi connectivity index (χ0n) is 22.8. The predicted octanol–water partition coefficient (Wildman–Crippen LogP) is 10.9. The van der Waals surface area contributed by atoms with Crippen LogP contribution < -0.4 is 0 Å². The van der Waals surface area contributed by atoms with Gasteiger partial charge in [0.15, 0.2) is 0 Å². The van der Waals surface area contributed by atoms with Gasteiger partial charge in [-0.05, 0) is 62.8 Å². The molecule has 0 unspecified atom stereocenters. The minimum atomic E-state index is 0.979. The van der Waals surface area contributed by atoms with Crippen LogP contribution in [0.5, 0.6) is 0 Å².